The van der Waals surface area contributed by atoms with Crippen LogP contribution in [-0.4, -0.2) is 29.0 Å². The maximum absolute atomic E-state index is 9.71. The van der Waals surface area contributed by atoms with E-state index in [-0.39, 0.29) is 5.75 Å². The second-order valence-corrected chi connectivity index (χ2v) is 4.06. The minimum absolute atomic E-state index is 0.0452. The first-order chi connectivity index (χ1) is 9.24. The summed E-state index contributed by atoms with van der Waals surface area (Å²) in [6.07, 6.45) is 1.05. The molecule has 102 valence electrons. The summed E-state index contributed by atoms with van der Waals surface area (Å²) in [7, 11) is 1.50. The van der Waals surface area contributed by atoms with E-state index in [9.17, 15) is 5.11 Å². The van der Waals surface area contributed by atoms with Crippen molar-refractivity contribution in [1.82, 2.24) is 15.5 Å². The lowest BCUT2D eigenvalue weighted by Crippen LogP contribution is -2.13. The summed E-state index contributed by atoms with van der Waals surface area (Å²) in [6, 6.07) is 4.95. The van der Waals surface area contributed by atoms with Crippen molar-refractivity contribution in [3.05, 3.63) is 24.1 Å². The van der Waals surface area contributed by atoms with E-state index in [1.54, 1.807) is 12.1 Å². The van der Waals surface area contributed by atoms with E-state index < -0.39 is 0 Å². The molecule has 0 spiro atoms. The molecule has 0 amide bonds. The number of hydrogen-bond acceptors (Lipinski definition) is 6. The smallest absolute Gasteiger partial charge is 0.247 e. The monoisotopic (exact) mass is 263 g/mol. The third-order valence-corrected chi connectivity index (χ3v) is 2.60. The second-order valence-electron chi connectivity index (χ2n) is 4.06. The Bertz CT molecular complexity index is 540. The predicted molar refractivity (Wildman–Crippen MR) is 69.9 cm³/mol. The Morgan fingerprint density at radius 1 is 1.37 bits per heavy atom. The van der Waals surface area contributed by atoms with E-state index >= 15 is 0 Å². The molecule has 2 N–H and O–H groups in total. The maximum atomic E-state index is 9.71. The molecular formula is C13H17N3O3. The van der Waals surface area contributed by atoms with Crippen molar-refractivity contribution in [3.63, 3.8) is 0 Å². The third kappa shape index (κ3) is 3.23. The molecule has 0 aliphatic rings. The van der Waals surface area contributed by atoms with Crippen molar-refractivity contribution in [2.45, 2.75) is 19.9 Å². The van der Waals surface area contributed by atoms with Gasteiger partial charge in [0.25, 0.3) is 0 Å². The average Bonchev–Trinajstić information content (AvgIpc) is 2.88. The fourth-order valence-electron chi connectivity index (χ4n) is 1.64. The zero-order valence-electron chi connectivity index (χ0n) is 11.0. The highest BCUT2D eigenvalue weighted by Crippen LogP contribution is 2.30. The van der Waals surface area contributed by atoms with Gasteiger partial charge in [0, 0.05) is 5.56 Å². The largest absolute Gasteiger partial charge is 0.504 e. The Kier molecular flexibility index (Phi) is 4.35. The standard InChI is InChI=1S/C13H17N3O3/c1-3-6-14-8-12-15-16-13(19-12)9-4-5-11(18-2)10(17)7-9/h4-5,7,14,17H,3,6,8H2,1-2H3. The number of aromatic nitrogens is 2. The van der Waals surface area contributed by atoms with Gasteiger partial charge in [-0.15, -0.1) is 10.2 Å². The van der Waals surface area contributed by atoms with Crippen LogP contribution in [0, 0.1) is 0 Å². The quantitative estimate of drug-likeness (QED) is 0.775. The second kappa shape index (κ2) is 6.19. The summed E-state index contributed by atoms with van der Waals surface area (Å²) in [5.41, 5.74) is 0.660. The zero-order valence-corrected chi connectivity index (χ0v) is 11.0. The van der Waals surface area contributed by atoms with Crippen molar-refractivity contribution < 1.29 is 14.3 Å². The molecule has 6 nitrogen and oxygen atoms in total. The molecule has 6 heteroatoms. The van der Waals surface area contributed by atoms with Crippen LogP contribution in [0.15, 0.2) is 22.6 Å². The van der Waals surface area contributed by atoms with Gasteiger partial charge in [0.05, 0.1) is 13.7 Å². The molecule has 2 rings (SSSR count). The van der Waals surface area contributed by atoms with Crippen LogP contribution in [0.5, 0.6) is 11.5 Å². The van der Waals surface area contributed by atoms with Crippen LogP contribution in [0.1, 0.15) is 19.2 Å². The van der Waals surface area contributed by atoms with Gasteiger partial charge in [0.15, 0.2) is 11.5 Å². The van der Waals surface area contributed by atoms with Gasteiger partial charge < -0.3 is 19.6 Å². The van der Waals surface area contributed by atoms with Crippen molar-refractivity contribution in [2.24, 2.45) is 0 Å². The highest BCUT2D eigenvalue weighted by Gasteiger charge is 2.10. The molecule has 0 bridgehead atoms. The number of aromatic hydroxyl groups is 1. The van der Waals surface area contributed by atoms with Crippen LogP contribution < -0.4 is 10.1 Å². The third-order valence-electron chi connectivity index (χ3n) is 2.60. The van der Waals surface area contributed by atoms with Crippen molar-refractivity contribution >= 4 is 0 Å². The van der Waals surface area contributed by atoms with E-state index in [2.05, 4.69) is 22.4 Å². The van der Waals surface area contributed by atoms with Crippen LogP contribution in [0.25, 0.3) is 11.5 Å². The lowest BCUT2D eigenvalue weighted by molar-refractivity contribution is 0.373. The fraction of sp³-hybridized carbons (Fsp3) is 0.385. The molecule has 0 aliphatic carbocycles. The Morgan fingerprint density at radius 3 is 2.89 bits per heavy atom. The predicted octanol–water partition coefficient (Wildman–Crippen LogP) is 1.95. The zero-order chi connectivity index (χ0) is 13.7. The number of methoxy groups -OCH3 is 1. The van der Waals surface area contributed by atoms with Crippen molar-refractivity contribution in [1.29, 1.82) is 0 Å². The molecular weight excluding hydrogens is 246 g/mol. The molecule has 0 unspecified atom stereocenters. The number of ether oxygens (including phenoxy) is 1. The number of rotatable bonds is 6. The number of phenolic OH excluding ortho intramolecular Hbond substituents is 1. The number of nitrogens with zero attached hydrogens (tertiary/aromatic N) is 2. The van der Waals surface area contributed by atoms with Gasteiger partial charge in [-0.3, -0.25) is 0 Å². The maximum Gasteiger partial charge on any atom is 0.247 e. The van der Waals surface area contributed by atoms with Gasteiger partial charge in [0.2, 0.25) is 11.8 Å². The van der Waals surface area contributed by atoms with Crippen LogP contribution in [0.4, 0.5) is 0 Å². The van der Waals surface area contributed by atoms with E-state index in [1.165, 1.54) is 13.2 Å². The molecule has 0 atom stereocenters. The molecule has 1 aromatic carbocycles. The number of benzene rings is 1. The van der Waals surface area contributed by atoms with E-state index in [1.807, 2.05) is 0 Å². The normalized spacial score (nSPS) is 10.6. The first-order valence-electron chi connectivity index (χ1n) is 6.15. The van der Waals surface area contributed by atoms with Crippen LogP contribution in [0.3, 0.4) is 0 Å². The van der Waals surface area contributed by atoms with Crippen molar-refractivity contribution in [3.8, 4) is 23.0 Å². The Hall–Kier alpha value is -2.08. The van der Waals surface area contributed by atoms with Crippen LogP contribution in [0.2, 0.25) is 0 Å². The minimum atomic E-state index is 0.0452. The highest BCUT2D eigenvalue weighted by molar-refractivity contribution is 5.59. The molecule has 0 fully saturated rings. The molecule has 0 aliphatic heterocycles. The minimum Gasteiger partial charge on any atom is -0.504 e. The fourth-order valence-corrected chi connectivity index (χ4v) is 1.64. The topological polar surface area (TPSA) is 80.4 Å². The van der Waals surface area contributed by atoms with Crippen LogP contribution in [-0.2, 0) is 6.54 Å². The molecule has 0 radical (unpaired) electrons. The first-order valence-corrected chi connectivity index (χ1v) is 6.15. The highest BCUT2D eigenvalue weighted by atomic mass is 16.5. The summed E-state index contributed by atoms with van der Waals surface area (Å²) in [5, 5.41) is 20.8. The summed E-state index contributed by atoms with van der Waals surface area (Å²) in [6.45, 7) is 3.54. The molecule has 0 saturated carbocycles. The Balaban J connectivity index is 2.11. The summed E-state index contributed by atoms with van der Waals surface area (Å²) >= 11 is 0. The number of phenols is 1. The first kappa shape index (κ1) is 13.4. The van der Waals surface area contributed by atoms with Gasteiger partial charge in [-0.2, -0.15) is 0 Å². The lowest BCUT2D eigenvalue weighted by atomic mass is 10.2. The molecule has 2 aromatic rings. The Labute approximate surface area is 111 Å². The van der Waals surface area contributed by atoms with Gasteiger partial charge in [0.1, 0.15) is 0 Å². The summed E-state index contributed by atoms with van der Waals surface area (Å²) in [4.78, 5) is 0. The van der Waals surface area contributed by atoms with Crippen molar-refractivity contribution in [2.75, 3.05) is 13.7 Å². The Morgan fingerprint density at radius 2 is 2.21 bits per heavy atom. The van der Waals surface area contributed by atoms with Crippen LogP contribution >= 0.6 is 0 Å². The molecule has 0 saturated heterocycles. The lowest BCUT2D eigenvalue weighted by Gasteiger charge is -2.03. The molecule has 1 aromatic heterocycles. The van der Waals surface area contributed by atoms with E-state index in [0.717, 1.165) is 13.0 Å². The summed E-state index contributed by atoms with van der Waals surface area (Å²) < 4.78 is 10.5. The summed E-state index contributed by atoms with van der Waals surface area (Å²) in [5.74, 6) is 1.36. The molecule has 19 heavy (non-hydrogen) atoms. The van der Waals surface area contributed by atoms with Gasteiger partial charge in [-0.05, 0) is 31.2 Å². The number of nitrogens with one attached hydrogen (secondary N) is 1. The average molecular weight is 263 g/mol. The van der Waals surface area contributed by atoms with E-state index in [0.29, 0.717) is 29.6 Å². The van der Waals surface area contributed by atoms with Gasteiger partial charge >= 0.3 is 0 Å². The number of hydrogen-bond donors (Lipinski definition) is 2. The van der Waals surface area contributed by atoms with Gasteiger partial charge in [-0.1, -0.05) is 6.92 Å². The SMILES string of the molecule is CCCNCc1nnc(-c2ccc(OC)c(O)c2)o1. The molecule has 1 heterocycles. The van der Waals surface area contributed by atoms with Gasteiger partial charge in [-0.25, -0.2) is 0 Å². The van der Waals surface area contributed by atoms with E-state index in [4.69, 9.17) is 9.15 Å².